The van der Waals surface area contributed by atoms with Crippen LogP contribution < -0.4 is 10.1 Å². The first-order valence-electron chi connectivity index (χ1n) is 11.6. The van der Waals surface area contributed by atoms with Crippen molar-refractivity contribution in [3.8, 4) is 5.75 Å². The van der Waals surface area contributed by atoms with Crippen molar-refractivity contribution in [1.82, 2.24) is 10.2 Å². The van der Waals surface area contributed by atoms with Gasteiger partial charge in [-0.05, 0) is 67.5 Å². The van der Waals surface area contributed by atoms with E-state index in [1.165, 1.54) is 10.5 Å². The third-order valence-corrected chi connectivity index (χ3v) is 7.66. The van der Waals surface area contributed by atoms with E-state index in [2.05, 4.69) is 35.8 Å². The molecule has 0 spiro atoms. The van der Waals surface area contributed by atoms with E-state index in [4.69, 9.17) is 16.3 Å². The lowest BCUT2D eigenvalue weighted by molar-refractivity contribution is -0.133. The van der Waals surface area contributed by atoms with E-state index >= 15 is 0 Å². The lowest BCUT2D eigenvalue weighted by Crippen LogP contribution is -2.46. The number of likely N-dealkylation sites (tertiary alicyclic amines) is 1. The Bertz CT molecular complexity index is 959. The Morgan fingerprint density at radius 1 is 1.15 bits per heavy atom. The van der Waals surface area contributed by atoms with Crippen LogP contribution in [0.15, 0.2) is 53.4 Å². The Balaban J connectivity index is 1.28. The van der Waals surface area contributed by atoms with Gasteiger partial charge < -0.3 is 15.0 Å². The number of thioether (sulfide) groups is 1. The molecule has 176 valence electrons. The van der Waals surface area contributed by atoms with Crippen molar-refractivity contribution in [2.75, 3.05) is 19.3 Å². The molecule has 4 rings (SSSR count). The smallest absolute Gasteiger partial charge is 0.222 e. The summed E-state index contributed by atoms with van der Waals surface area (Å²) >= 11 is 7.65. The van der Waals surface area contributed by atoms with Gasteiger partial charge in [-0.25, -0.2) is 0 Å². The second kappa shape index (κ2) is 10.8. The Kier molecular flexibility index (Phi) is 7.86. The number of halogens is 1. The highest BCUT2D eigenvalue weighted by atomic mass is 35.5. The fourth-order valence-electron chi connectivity index (χ4n) is 4.75. The minimum atomic E-state index is -0.330. The highest BCUT2D eigenvalue weighted by molar-refractivity contribution is 7.98. The third kappa shape index (κ3) is 6.45. The summed E-state index contributed by atoms with van der Waals surface area (Å²) in [7, 11) is 0. The van der Waals surface area contributed by atoms with Gasteiger partial charge in [-0.3, -0.25) is 9.59 Å². The summed E-state index contributed by atoms with van der Waals surface area (Å²) in [6.45, 7) is 1.40. The Morgan fingerprint density at radius 2 is 1.85 bits per heavy atom. The molecule has 5 nitrogen and oxygen atoms in total. The number of piperidine rings is 1. The number of nitrogens with one attached hydrogen (secondary N) is 1. The standard InChI is InChI=1S/C26H31ClN2O3S/c1-33-23-8-2-19(3-9-23)18-26(14-10-24(30)28-26)15-11-25(31)29-16-12-22(13-17-29)32-21-6-4-20(27)5-7-21/h2-9,22H,10-18H2,1H3,(H,28,30). The first kappa shape index (κ1) is 24.0. The molecule has 33 heavy (non-hydrogen) atoms. The van der Waals surface area contributed by atoms with Crippen LogP contribution in [0.5, 0.6) is 5.75 Å². The van der Waals surface area contributed by atoms with Gasteiger partial charge in [0.05, 0.1) is 0 Å². The molecule has 1 unspecified atom stereocenters. The summed E-state index contributed by atoms with van der Waals surface area (Å²) in [5.74, 6) is 1.06. The summed E-state index contributed by atoms with van der Waals surface area (Å²) in [4.78, 5) is 28.2. The van der Waals surface area contributed by atoms with E-state index in [1.807, 2.05) is 29.2 Å². The van der Waals surface area contributed by atoms with Crippen molar-refractivity contribution in [3.63, 3.8) is 0 Å². The monoisotopic (exact) mass is 486 g/mol. The molecule has 2 saturated heterocycles. The topological polar surface area (TPSA) is 58.6 Å². The largest absolute Gasteiger partial charge is 0.490 e. The second-order valence-electron chi connectivity index (χ2n) is 9.01. The van der Waals surface area contributed by atoms with Crippen LogP contribution in [0.2, 0.25) is 5.02 Å². The molecule has 2 aliphatic rings. The Morgan fingerprint density at radius 3 is 2.45 bits per heavy atom. The quantitative estimate of drug-likeness (QED) is 0.527. The van der Waals surface area contributed by atoms with Crippen molar-refractivity contribution in [1.29, 1.82) is 0 Å². The molecule has 2 heterocycles. The molecule has 2 fully saturated rings. The fraction of sp³-hybridized carbons (Fsp3) is 0.462. The van der Waals surface area contributed by atoms with Gasteiger partial charge in [-0.1, -0.05) is 23.7 Å². The normalized spacial score (nSPS) is 21.2. The van der Waals surface area contributed by atoms with Crippen LogP contribution >= 0.6 is 23.4 Å². The van der Waals surface area contributed by atoms with E-state index in [1.54, 1.807) is 11.8 Å². The van der Waals surface area contributed by atoms with Crippen LogP contribution in [0, 0.1) is 0 Å². The average Bonchev–Trinajstić information content (AvgIpc) is 3.20. The van der Waals surface area contributed by atoms with Gasteiger partial charge in [0.15, 0.2) is 0 Å². The van der Waals surface area contributed by atoms with Crippen LogP contribution in [-0.2, 0) is 16.0 Å². The number of rotatable bonds is 8. The predicted octanol–water partition coefficient (Wildman–Crippen LogP) is 5.10. The van der Waals surface area contributed by atoms with Gasteiger partial charge in [0.1, 0.15) is 11.9 Å². The van der Waals surface area contributed by atoms with Gasteiger partial charge in [0.25, 0.3) is 0 Å². The zero-order valence-electron chi connectivity index (χ0n) is 19.0. The summed E-state index contributed by atoms with van der Waals surface area (Å²) in [6.07, 6.45) is 7.00. The maximum Gasteiger partial charge on any atom is 0.222 e. The molecule has 0 aliphatic carbocycles. The van der Waals surface area contributed by atoms with Gasteiger partial charge in [0, 0.05) is 54.2 Å². The second-order valence-corrected chi connectivity index (χ2v) is 10.3. The molecule has 0 bridgehead atoms. The molecule has 1 atom stereocenters. The Labute approximate surface area is 205 Å². The van der Waals surface area contributed by atoms with E-state index in [9.17, 15) is 9.59 Å². The molecule has 2 aromatic rings. The van der Waals surface area contributed by atoms with Gasteiger partial charge in [-0.15, -0.1) is 11.8 Å². The number of benzene rings is 2. The molecule has 2 amide bonds. The molecule has 0 radical (unpaired) electrons. The molecule has 0 saturated carbocycles. The maximum atomic E-state index is 13.0. The third-order valence-electron chi connectivity index (χ3n) is 6.67. The minimum Gasteiger partial charge on any atom is -0.490 e. The van der Waals surface area contributed by atoms with Crippen molar-refractivity contribution in [2.45, 2.75) is 61.5 Å². The van der Waals surface area contributed by atoms with Gasteiger partial charge >= 0.3 is 0 Å². The molecule has 1 N–H and O–H groups in total. The first-order chi connectivity index (χ1) is 15.9. The van der Waals surface area contributed by atoms with Crippen LogP contribution in [0.25, 0.3) is 0 Å². The van der Waals surface area contributed by atoms with Crippen LogP contribution in [-0.4, -0.2) is 47.7 Å². The molecule has 7 heteroatoms. The lowest BCUT2D eigenvalue weighted by atomic mass is 9.85. The summed E-state index contributed by atoms with van der Waals surface area (Å²) in [5, 5.41) is 3.89. The van der Waals surface area contributed by atoms with Crippen molar-refractivity contribution in [3.05, 3.63) is 59.1 Å². The number of ether oxygens (including phenoxy) is 1. The fourth-order valence-corrected chi connectivity index (χ4v) is 5.28. The van der Waals surface area contributed by atoms with Crippen LogP contribution in [0.1, 0.15) is 44.1 Å². The van der Waals surface area contributed by atoms with E-state index in [-0.39, 0.29) is 23.5 Å². The molecule has 2 aliphatic heterocycles. The number of hydrogen-bond acceptors (Lipinski definition) is 4. The Hall–Kier alpha value is -2.18. The zero-order valence-corrected chi connectivity index (χ0v) is 20.6. The predicted molar refractivity (Wildman–Crippen MR) is 133 cm³/mol. The van der Waals surface area contributed by atoms with Crippen molar-refractivity contribution < 1.29 is 14.3 Å². The lowest BCUT2D eigenvalue weighted by Gasteiger charge is -2.34. The van der Waals surface area contributed by atoms with Crippen LogP contribution in [0.4, 0.5) is 0 Å². The van der Waals surface area contributed by atoms with E-state index < -0.39 is 0 Å². The molecule has 2 aromatic carbocycles. The molecular weight excluding hydrogens is 456 g/mol. The number of amides is 2. The van der Waals surface area contributed by atoms with E-state index in [0.29, 0.717) is 37.4 Å². The van der Waals surface area contributed by atoms with Crippen LogP contribution in [0.3, 0.4) is 0 Å². The molecule has 0 aromatic heterocycles. The zero-order chi connectivity index (χ0) is 23.3. The number of nitrogens with zero attached hydrogens (tertiary/aromatic N) is 1. The average molecular weight is 487 g/mol. The maximum absolute atomic E-state index is 13.0. The van der Waals surface area contributed by atoms with Crippen molar-refractivity contribution in [2.24, 2.45) is 0 Å². The summed E-state index contributed by atoms with van der Waals surface area (Å²) < 4.78 is 6.04. The molecular formula is C26H31ClN2O3S. The highest BCUT2D eigenvalue weighted by Crippen LogP contribution is 2.31. The SMILES string of the molecule is CSc1ccc(CC2(CCC(=O)N3CCC(Oc4ccc(Cl)cc4)CC3)CCC(=O)N2)cc1. The summed E-state index contributed by atoms with van der Waals surface area (Å²) in [6, 6.07) is 15.9. The van der Waals surface area contributed by atoms with Crippen molar-refractivity contribution >= 4 is 35.2 Å². The highest BCUT2D eigenvalue weighted by Gasteiger charge is 2.38. The van der Waals surface area contributed by atoms with E-state index in [0.717, 1.165) is 31.4 Å². The number of carbonyl (C=O) groups excluding carboxylic acids is 2. The first-order valence-corrected chi connectivity index (χ1v) is 13.2. The summed E-state index contributed by atoms with van der Waals surface area (Å²) in [5.41, 5.74) is 0.867. The van der Waals surface area contributed by atoms with Gasteiger partial charge in [-0.2, -0.15) is 0 Å². The number of hydrogen-bond donors (Lipinski definition) is 1. The number of carbonyl (C=O) groups is 2. The van der Waals surface area contributed by atoms with Gasteiger partial charge in [0.2, 0.25) is 11.8 Å². The minimum absolute atomic E-state index is 0.0864.